The lowest BCUT2D eigenvalue weighted by Crippen LogP contribution is -2.44. The number of carbonyl (C=O) groups is 2. The molecule has 2 aromatic rings. The highest BCUT2D eigenvalue weighted by molar-refractivity contribution is 7.99. The van der Waals surface area contributed by atoms with E-state index in [1.54, 1.807) is 32.2 Å². The molecule has 2 amide bonds. The number of rotatable bonds is 4. The van der Waals surface area contributed by atoms with E-state index >= 15 is 0 Å². The van der Waals surface area contributed by atoms with E-state index in [1.165, 1.54) is 39.6 Å². The number of nitrogens with one attached hydrogen (secondary N) is 1. The number of para-hydroxylation sites is 1. The predicted molar refractivity (Wildman–Crippen MR) is 105 cm³/mol. The Kier molecular flexibility index (Phi) is 5.86. The van der Waals surface area contributed by atoms with Crippen molar-refractivity contribution in [3.05, 3.63) is 52.6 Å². The molecular weight excluding hydrogens is 391 g/mol. The molecule has 1 N–H and O–H groups in total. The maximum Gasteiger partial charge on any atom is 0.248 e. The Hall–Kier alpha value is -2.32. The van der Waals surface area contributed by atoms with Gasteiger partial charge in [0.1, 0.15) is 17.0 Å². The lowest BCUT2D eigenvalue weighted by atomic mass is 10.2. The summed E-state index contributed by atoms with van der Waals surface area (Å²) in [6, 6.07) is 5.26. The van der Waals surface area contributed by atoms with Crippen molar-refractivity contribution >= 4 is 46.9 Å². The van der Waals surface area contributed by atoms with Crippen LogP contribution in [-0.4, -0.2) is 44.2 Å². The smallest absolute Gasteiger partial charge is 0.248 e. The van der Waals surface area contributed by atoms with Gasteiger partial charge >= 0.3 is 0 Å². The zero-order chi connectivity index (χ0) is 19.6. The summed E-state index contributed by atoms with van der Waals surface area (Å²) in [5.41, 5.74) is 1.46. The van der Waals surface area contributed by atoms with Gasteiger partial charge in [0, 0.05) is 24.4 Å². The second kappa shape index (κ2) is 8.14. The SMILES string of the molecule is Cc1nn(C)c(Cl)c1/C=C/C(=O)N1CSCC1C(=O)Nc1ccccc1F. The van der Waals surface area contributed by atoms with Crippen LogP contribution < -0.4 is 5.32 Å². The van der Waals surface area contributed by atoms with Crippen LogP contribution in [0.15, 0.2) is 30.3 Å². The Morgan fingerprint density at radius 1 is 1.41 bits per heavy atom. The molecule has 1 fully saturated rings. The van der Waals surface area contributed by atoms with Crippen molar-refractivity contribution in [2.75, 3.05) is 16.9 Å². The van der Waals surface area contributed by atoms with Crippen LogP contribution in [0.1, 0.15) is 11.3 Å². The second-order valence-corrected chi connectivity index (χ2v) is 7.40. The van der Waals surface area contributed by atoms with Crippen molar-refractivity contribution in [1.29, 1.82) is 0 Å². The number of amides is 2. The van der Waals surface area contributed by atoms with Crippen molar-refractivity contribution in [3.8, 4) is 0 Å². The van der Waals surface area contributed by atoms with Gasteiger partial charge in [0.2, 0.25) is 11.8 Å². The van der Waals surface area contributed by atoms with Gasteiger partial charge < -0.3 is 10.2 Å². The number of benzene rings is 1. The summed E-state index contributed by atoms with van der Waals surface area (Å²) in [6.07, 6.45) is 2.98. The summed E-state index contributed by atoms with van der Waals surface area (Å²) in [5, 5.41) is 7.17. The first-order valence-corrected chi connectivity index (χ1v) is 9.72. The van der Waals surface area contributed by atoms with Gasteiger partial charge in [-0.3, -0.25) is 14.3 Å². The molecule has 6 nitrogen and oxygen atoms in total. The zero-order valence-corrected chi connectivity index (χ0v) is 16.4. The molecule has 3 rings (SSSR count). The van der Waals surface area contributed by atoms with Gasteiger partial charge in [0.25, 0.3) is 0 Å². The van der Waals surface area contributed by atoms with Gasteiger partial charge in [-0.05, 0) is 25.1 Å². The minimum atomic E-state index is -0.669. The third kappa shape index (κ3) is 4.17. The third-order valence-corrected chi connectivity index (χ3v) is 5.65. The molecule has 0 saturated carbocycles. The average Bonchev–Trinajstić information content (AvgIpc) is 3.21. The molecule has 2 heterocycles. The summed E-state index contributed by atoms with van der Waals surface area (Å²) in [4.78, 5) is 26.6. The molecule has 1 atom stereocenters. The fourth-order valence-corrected chi connectivity index (χ4v) is 4.14. The molecule has 0 spiro atoms. The largest absolute Gasteiger partial charge is 0.322 e. The molecule has 27 heavy (non-hydrogen) atoms. The zero-order valence-electron chi connectivity index (χ0n) is 14.8. The van der Waals surface area contributed by atoms with E-state index in [-0.39, 0.29) is 11.6 Å². The molecule has 9 heteroatoms. The van der Waals surface area contributed by atoms with E-state index in [9.17, 15) is 14.0 Å². The van der Waals surface area contributed by atoms with Crippen LogP contribution >= 0.6 is 23.4 Å². The first kappa shape index (κ1) is 19.4. The van der Waals surface area contributed by atoms with Gasteiger partial charge in [-0.1, -0.05) is 23.7 Å². The van der Waals surface area contributed by atoms with Crippen LogP contribution in [0.25, 0.3) is 6.08 Å². The second-order valence-electron chi connectivity index (χ2n) is 6.04. The Morgan fingerprint density at radius 3 is 2.81 bits per heavy atom. The number of aryl methyl sites for hydroxylation is 2. The number of halogens is 2. The van der Waals surface area contributed by atoms with Crippen LogP contribution in [-0.2, 0) is 16.6 Å². The van der Waals surface area contributed by atoms with Crippen molar-refractivity contribution in [1.82, 2.24) is 14.7 Å². The lowest BCUT2D eigenvalue weighted by molar-refractivity contribution is -0.132. The van der Waals surface area contributed by atoms with Crippen LogP contribution in [0, 0.1) is 12.7 Å². The number of nitrogens with zero attached hydrogens (tertiary/aromatic N) is 3. The Balaban J connectivity index is 1.71. The summed E-state index contributed by atoms with van der Waals surface area (Å²) in [6.45, 7) is 1.80. The Labute approximate surface area is 165 Å². The van der Waals surface area contributed by atoms with Gasteiger partial charge in [0.05, 0.1) is 17.3 Å². The van der Waals surface area contributed by atoms with E-state index in [4.69, 9.17) is 11.6 Å². The van der Waals surface area contributed by atoms with Crippen LogP contribution in [0.4, 0.5) is 10.1 Å². The molecule has 0 radical (unpaired) electrons. The van der Waals surface area contributed by atoms with Gasteiger partial charge in [-0.25, -0.2) is 4.39 Å². The van der Waals surface area contributed by atoms with E-state index in [1.807, 2.05) is 0 Å². The number of carbonyl (C=O) groups excluding carboxylic acids is 2. The quantitative estimate of drug-likeness (QED) is 0.789. The monoisotopic (exact) mass is 408 g/mol. The molecule has 0 aliphatic carbocycles. The summed E-state index contributed by atoms with van der Waals surface area (Å²) in [7, 11) is 1.72. The van der Waals surface area contributed by atoms with E-state index in [0.717, 1.165) is 0 Å². The fourth-order valence-electron chi connectivity index (χ4n) is 2.74. The summed E-state index contributed by atoms with van der Waals surface area (Å²) in [5.74, 6) is -0.406. The van der Waals surface area contributed by atoms with E-state index < -0.39 is 17.8 Å². The molecule has 0 bridgehead atoms. The van der Waals surface area contributed by atoms with E-state index in [2.05, 4.69) is 10.4 Å². The minimum Gasteiger partial charge on any atom is -0.322 e. The Bertz CT molecular complexity index is 915. The predicted octanol–water partition coefficient (Wildman–Crippen LogP) is 3.07. The third-order valence-electron chi connectivity index (χ3n) is 4.19. The number of thioether (sulfide) groups is 1. The molecule has 1 saturated heterocycles. The van der Waals surface area contributed by atoms with Crippen LogP contribution in [0.3, 0.4) is 0 Å². The van der Waals surface area contributed by atoms with Crippen molar-refractivity contribution in [3.63, 3.8) is 0 Å². The lowest BCUT2D eigenvalue weighted by Gasteiger charge is -2.21. The molecule has 1 unspecified atom stereocenters. The van der Waals surface area contributed by atoms with Gasteiger partial charge in [-0.15, -0.1) is 11.8 Å². The number of hydrogen-bond donors (Lipinski definition) is 1. The first-order valence-electron chi connectivity index (χ1n) is 8.19. The van der Waals surface area contributed by atoms with Crippen molar-refractivity contribution < 1.29 is 14.0 Å². The van der Waals surface area contributed by atoms with Crippen LogP contribution in [0.5, 0.6) is 0 Å². The summed E-state index contributed by atoms with van der Waals surface area (Å²) < 4.78 is 15.3. The highest BCUT2D eigenvalue weighted by Gasteiger charge is 2.34. The number of hydrogen-bond acceptors (Lipinski definition) is 4. The van der Waals surface area contributed by atoms with Crippen molar-refractivity contribution in [2.24, 2.45) is 7.05 Å². The molecule has 142 valence electrons. The summed E-state index contributed by atoms with van der Waals surface area (Å²) >= 11 is 7.63. The van der Waals surface area contributed by atoms with Crippen LogP contribution in [0.2, 0.25) is 5.15 Å². The molecule has 1 aromatic heterocycles. The average molecular weight is 409 g/mol. The molecule has 1 aliphatic heterocycles. The number of anilines is 1. The fraction of sp³-hybridized carbons (Fsp3) is 0.278. The van der Waals surface area contributed by atoms with Crippen molar-refractivity contribution in [2.45, 2.75) is 13.0 Å². The Morgan fingerprint density at radius 2 is 2.15 bits per heavy atom. The highest BCUT2D eigenvalue weighted by Crippen LogP contribution is 2.24. The molecule has 1 aromatic carbocycles. The number of aromatic nitrogens is 2. The normalized spacial score (nSPS) is 16.9. The molecular formula is C18H18ClFN4O2S. The first-order chi connectivity index (χ1) is 12.9. The topological polar surface area (TPSA) is 67.2 Å². The maximum absolute atomic E-state index is 13.7. The molecule has 1 aliphatic rings. The van der Waals surface area contributed by atoms with Gasteiger partial charge in [-0.2, -0.15) is 5.10 Å². The standard InChI is InChI=1S/C18H18ClFN4O2S/c1-11-12(17(19)23(2)22-11)7-8-16(25)24-10-27-9-15(24)18(26)21-14-6-4-3-5-13(14)20/h3-8,15H,9-10H2,1-2H3,(H,21,26)/b8-7+. The minimum absolute atomic E-state index is 0.0973. The van der Waals surface area contributed by atoms with E-state index in [0.29, 0.717) is 28.0 Å². The van der Waals surface area contributed by atoms with Gasteiger partial charge in [0.15, 0.2) is 0 Å². The maximum atomic E-state index is 13.7. The highest BCUT2D eigenvalue weighted by atomic mass is 35.5.